The second kappa shape index (κ2) is 5.32. The van der Waals surface area contributed by atoms with Crippen molar-refractivity contribution < 1.29 is 5.11 Å². The van der Waals surface area contributed by atoms with Gasteiger partial charge in [0, 0.05) is 25.5 Å². The molecule has 0 unspecified atom stereocenters. The van der Waals surface area contributed by atoms with Crippen molar-refractivity contribution >= 4 is 5.69 Å². The van der Waals surface area contributed by atoms with Crippen LogP contribution in [-0.2, 0) is 13.1 Å². The third-order valence-corrected chi connectivity index (χ3v) is 2.60. The van der Waals surface area contributed by atoms with Gasteiger partial charge < -0.3 is 16.2 Å². The molecule has 1 aromatic heterocycles. The molecular formula is C13H15N3O. The van der Waals surface area contributed by atoms with Gasteiger partial charge in [-0.25, -0.2) is 0 Å². The van der Waals surface area contributed by atoms with Crippen LogP contribution in [-0.4, -0.2) is 10.1 Å². The highest BCUT2D eigenvalue weighted by molar-refractivity contribution is 5.55. The Labute approximate surface area is 100 Å². The molecule has 4 nitrogen and oxygen atoms in total. The van der Waals surface area contributed by atoms with Gasteiger partial charge in [0.15, 0.2) is 0 Å². The van der Waals surface area contributed by atoms with Gasteiger partial charge in [-0.05, 0) is 29.3 Å². The Hall–Kier alpha value is -2.07. The van der Waals surface area contributed by atoms with Crippen LogP contribution in [0, 0.1) is 0 Å². The summed E-state index contributed by atoms with van der Waals surface area (Å²) >= 11 is 0. The highest BCUT2D eigenvalue weighted by Crippen LogP contribution is 2.22. The largest absolute Gasteiger partial charge is 0.506 e. The van der Waals surface area contributed by atoms with Crippen LogP contribution in [0.1, 0.15) is 11.1 Å². The van der Waals surface area contributed by atoms with Gasteiger partial charge in [-0.15, -0.1) is 0 Å². The first kappa shape index (κ1) is 11.4. The van der Waals surface area contributed by atoms with Crippen molar-refractivity contribution in [1.82, 2.24) is 4.98 Å². The van der Waals surface area contributed by atoms with Crippen LogP contribution in [0.4, 0.5) is 5.69 Å². The molecule has 0 spiro atoms. The number of pyridine rings is 1. The van der Waals surface area contributed by atoms with E-state index in [9.17, 15) is 5.11 Å². The number of para-hydroxylation sites is 2. The highest BCUT2D eigenvalue weighted by Gasteiger charge is 2.02. The van der Waals surface area contributed by atoms with E-state index in [1.165, 1.54) is 0 Å². The van der Waals surface area contributed by atoms with Gasteiger partial charge in [-0.2, -0.15) is 0 Å². The lowest BCUT2D eigenvalue weighted by Gasteiger charge is -2.10. The third-order valence-electron chi connectivity index (χ3n) is 2.60. The molecule has 1 heterocycles. The van der Waals surface area contributed by atoms with E-state index in [2.05, 4.69) is 10.3 Å². The van der Waals surface area contributed by atoms with Gasteiger partial charge in [-0.3, -0.25) is 4.98 Å². The number of nitrogens with one attached hydrogen (secondary N) is 1. The SMILES string of the molecule is NCc1cnccc1CNc1ccccc1O. The second-order valence-electron chi connectivity index (χ2n) is 3.72. The van der Waals surface area contributed by atoms with E-state index < -0.39 is 0 Å². The third kappa shape index (κ3) is 2.73. The number of phenols is 1. The number of nitrogens with zero attached hydrogens (tertiary/aromatic N) is 1. The van der Waals surface area contributed by atoms with Crippen LogP contribution < -0.4 is 11.1 Å². The molecule has 0 bridgehead atoms. The number of aromatic nitrogens is 1. The van der Waals surface area contributed by atoms with E-state index in [-0.39, 0.29) is 5.75 Å². The number of benzene rings is 1. The second-order valence-corrected chi connectivity index (χ2v) is 3.72. The lowest BCUT2D eigenvalue weighted by Crippen LogP contribution is -2.06. The standard InChI is InChI=1S/C13H15N3O/c14-7-11-8-15-6-5-10(11)9-16-12-3-1-2-4-13(12)17/h1-6,8,16-17H,7,9,14H2. The van der Waals surface area contributed by atoms with E-state index in [4.69, 9.17) is 5.73 Å². The molecule has 2 aromatic rings. The lowest BCUT2D eigenvalue weighted by molar-refractivity contribution is 0.477. The van der Waals surface area contributed by atoms with Crippen molar-refractivity contribution in [1.29, 1.82) is 0 Å². The molecule has 0 saturated carbocycles. The minimum atomic E-state index is 0.246. The minimum absolute atomic E-state index is 0.246. The van der Waals surface area contributed by atoms with Gasteiger partial charge in [0.2, 0.25) is 0 Å². The zero-order valence-corrected chi connectivity index (χ0v) is 9.43. The molecule has 0 aliphatic heterocycles. The number of rotatable bonds is 4. The van der Waals surface area contributed by atoms with E-state index >= 15 is 0 Å². The van der Waals surface area contributed by atoms with Gasteiger partial charge in [-0.1, -0.05) is 12.1 Å². The van der Waals surface area contributed by atoms with Gasteiger partial charge in [0.25, 0.3) is 0 Å². The molecule has 0 aliphatic carbocycles. The highest BCUT2D eigenvalue weighted by atomic mass is 16.3. The fraction of sp³-hybridized carbons (Fsp3) is 0.154. The maximum Gasteiger partial charge on any atom is 0.138 e. The maximum absolute atomic E-state index is 9.62. The number of hydrogen-bond donors (Lipinski definition) is 3. The van der Waals surface area contributed by atoms with Crippen LogP contribution >= 0.6 is 0 Å². The predicted octanol–water partition coefficient (Wildman–Crippen LogP) is 1.86. The molecule has 0 radical (unpaired) electrons. The fourth-order valence-corrected chi connectivity index (χ4v) is 1.63. The Bertz CT molecular complexity index is 500. The van der Waals surface area contributed by atoms with Crippen molar-refractivity contribution in [3.63, 3.8) is 0 Å². The van der Waals surface area contributed by atoms with Crippen LogP contribution in [0.25, 0.3) is 0 Å². The molecular weight excluding hydrogens is 214 g/mol. The molecule has 0 atom stereocenters. The van der Waals surface area contributed by atoms with Gasteiger partial charge >= 0.3 is 0 Å². The van der Waals surface area contributed by atoms with Crippen LogP contribution in [0.5, 0.6) is 5.75 Å². The van der Waals surface area contributed by atoms with E-state index in [0.29, 0.717) is 18.8 Å². The number of phenolic OH excluding ortho intramolecular Hbond substituents is 1. The zero-order chi connectivity index (χ0) is 12.1. The van der Waals surface area contributed by atoms with E-state index in [1.807, 2.05) is 18.2 Å². The smallest absolute Gasteiger partial charge is 0.138 e. The number of hydrogen-bond acceptors (Lipinski definition) is 4. The van der Waals surface area contributed by atoms with Crippen LogP contribution in [0.2, 0.25) is 0 Å². The molecule has 0 saturated heterocycles. The Morgan fingerprint density at radius 1 is 1.18 bits per heavy atom. The molecule has 1 aromatic carbocycles. The molecule has 4 N–H and O–H groups in total. The number of nitrogens with two attached hydrogens (primary N) is 1. The minimum Gasteiger partial charge on any atom is -0.506 e. The monoisotopic (exact) mass is 229 g/mol. The van der Waals surface area contributed by atoms with Crippen LogP contribution in [0.15, 0.2) is 42.7 Å². The average Bonchev–Trinajstić information content (AvgIpc) is 2.38. The predicted molar refractivity (Wildman–Crippen MR) is 67.6 cm³/mol. The molecule has 2 rings (SSSR count). The summed E-state index contributed by atoms with van der Waals surface area (Å²) in [5.74, 6) is 0.246. The van der Waals surface area contributed by atoms with Crippen molar-refractivity contribution in [2.75, 3.05) is 5.32 Å². The normalized spacial score (nSPS) is 10.2. The molecule has 0 amide bonds. The van der Waals surface area contributed by atoms with Crippen molar-refractivity contribution in [2.45, 2.75) is 13.1 Å². The van der Waals surface area contributed by atoms with Crippen molar-refractivity contribution in [2.24, 2.45) is 5.73 Å². The summed E-state index contributed by atoms with van der Waals surface area (Å²) < 4.78 is 0. The Balaban J connectivity index is 2.10. The zero-order valence-electron chi connectivity index (χ0n) is 9.43. The van der Waals surface area contributed by atoms with Crippen molar-refractivity contribution in [3.05, 3.63) is 53.9 Å². The number of anilines is 1. The molecule has 17 heavy (non-hydrogen) atoms. The quantitative estimate of drug-likeness (QED) is 0.700. The Kier molecular flexibility index (Phi) is 3.57. The molecule has 0 fully saturated rings. The topological polar surface area (TPSA) is 71.2 Å². The first-order valence-corrected chi connectivity index (χ1v) is 5.45. The summed E-state index contributed by atoms with van der Waals surface area (Å²) in [6, 6.07) is 9.07. The first-order valence-electron chi connectivity index (χ1n) is 5.45. The van der Waals surface area contributed by atoms with Crippen LogP contribution in [0.3, 0.4) is 0 Å². The van der Waals surface area contributed by atoms with Gasteiger partial charge in [0.05, 0.1) is 5.69 Å². The molecule has 88 valence electrons. The van der Waals surface area contributed by atoms with E-state index in [0.717, 1.165) is 11.1 Å². The summed E-state index contributed by atoms with van der Waals surface area (Å²) in [6.07, 6.45) is 3.50. The lowest BCUT2D eigenvalue weighted by atomic mass is 10.1. The summed E-state index contributed by atoms with van der Waals surface area (Å²) in [5, 5.41) is 12.8. The average molecular weight is 229 g/mol. The summed E-state index contributed by atoms with van der Waals surface area (Å²) in [6.45, 7) is 1.08. The fourth-order valence-electron chi connectivity index (χ4n) is 1.63. The number of aromatic hydroxyl groups is 1. The summed E-state index contributed by atoms with van der Waals surface area (Å²) in [4.78, 5) is 4.03. The molecule has 0 aliphatic rings. The molecule has 4 heteroatoms. The Morgan fingerprint density at radius 3 is 2.76 bits per heavy atom. The summed E-state index contributed by atoms with van der Waals surface area (Å²) in [5.41, 5.74) is 8.45. The van der Waals surface area contributed by atoms with E-state index in [1.54, 1.807) is 24.5 Å². The van der Waals surface area contributed by atoms with Crippen molar-refractivity contribution in [3.8, 4) is 5.75 Å². The first-order chi connectivity index (χ1) is 8.31. The Morgan fingerprint density at radius 2 is 2.00 bits per heavy atom. The van der Waals surface area contributed by atoms with Gasteiger partial charge in [0.1, 0.15) is 5.75 Å². The summed E-state index contributed by atoms with van der Waals surface area (Å²) in [7, 11) is 0. The maximum atomic E-state index is 9.62.